The van der Waals surface area contributed by atoms with Crippen LogP contribution in [0.3, 0.4) is 0 Å². The molecule has 0 aromatic carbocycles. The van der Waals surface area contributed by atoms with E-state index in [4.69, 9.17) is 9.52 Å². The maximum Gasteiger partial charge on any atom is 0.162 e. The first-order chi connectivity index (χ1) is 11.3. The van der Waals surface area contributed by atoms with Gasteiger partial charge in [0.1, 0.15) is 0 Å². The van der Waals surface area contributed by atoms with E-state index in [-0.39, 0.29) is 6.61 Å². The van der Waals surface area contributed by atoms with Crippen LogP contribution in [0, 0.1) is 0 Å². The number of furan rings is 1. The van der Waals surface area contributed by atoms with E-state index in [1.807, 2.05) is 12.1 Å². The van der Waals surface area contributed by atoms with E-state index in [2.05, 4.69) is 27.2 Å². The number of aromatic nitrogens is 1. The molecule has 0 saturated carbocycles. The fourth-order valence-electron chi connectivity index (χ4n) is 3.14. The lowest BCUT2D eigenvalue weighted by molar-refractivity contribution is 0.117. The summed E-state index contributed by atoms with van der Waals surface area (Å²) in [6.07, 6.45) is 4.94. The zero-order chi connectivity index (χ0) is 16.1. The van der Waals surface area contributed by atoms with Gasteiger partial charge in [-0.1, -0.05) is 0 Å². The van der Waals surface area contributed by atoms with Gasteiger partial charge in [0.15, 0.2) is 10.8 Å². The largest absolute Gasteiger partial charge is 0.462 e. The van der Waals surface area contributed by atoms with Gasteiger partial charge in [0.2, 0.25) is 0 Å². The normalized spacial score (nSPS) is 17.2. The molecule has 1 aliphatic heterocycles. The summed E-state index contributed by atoms with van der Waals surface area (Å²) in [7, 11) is 2.17. The average Bonchev–Trinajstić information content (AvgIpc) is 3.24. The molecule has 2 aromatic heterocycles. The molecule has 0 spiro atoms. The molecule has 1 saturated heterocycles. The molecular weight excluding hydrogens is 310 g/mol. The van der Waals surface area contributed by atoms with Gasteiger partial charge in [-0.25, -0.2) is 4.98 Å². The number of likely N-dealkylation sites (tertiary alicyclic amines) is 1. The predicted octanol–water partition coefficient (Wildman–Crippen LogP) is 2.68. The molecule has 3 heterocycles. The zero-order valence-corrected chi connectivity index (χ0v) is 14.5. The summed E-state index contributed by atoms with van der Waals surface area (Å²) in [6, 6.07) is 4.50. The molecule has 0 radical (unpaired) electrons. The molecule has 3 rings (SSSR count). The standard InChI is InChI=1S/C17H25N3O2S/c1-19(7-3-10-21)15-5-8-20(9-6-15)12-14-13-23-17(18-14)16-4-2-11-22-16/h2,4,11,13,15,21H,3,5-10,12H2,1H3. The smallest absolute Gasteiger partial charge is 0.162 e. The van der Waals surface area contributed by atoms with Crippen LogP contribution in [-0.2, 0) is 6.54 Å². The Morgan fingerprint density at radius 2 is 2.26 bits per heavy atom. The summed E-state index contributed by atoms with van der Waals surface area (Å²) in [4.78, 5) is 9.56. The van der Waals surface area contributed by atoms with Crippen LogP contribution < -0.4 is 0 Å². The van der Waals surface area contributed by atoms with Gasteiger partial charge in [0.05, 0.1) is 12.0 Å². The fraction of sp³-hybridized carbons (Fsp3) is 0.588. The molecule has 0 bridgehead atoms. The third kappa shape index (κ3) is 4.41. The molecule has 1 fully saturated rings. The summed E-state index contributed by atoms with van der Waals surface area (Å²) in [5.41, 5.74) is 1.13. The SMILES string of the molecule is CN(CCCO)C1CCN(Cc2csc(-c3ccco3)n2)CC1. The van der Waals surface area contributed by atoms with Crippen molar-refractivity contribution in [3.05, 3.63) is 29.5 Å². The van der Waals surface area contributed by atoms with E-state index in [1.54, 1.807) is 17.6 Å². The van der Waals surface area contributed by atoms with Gasteiger partial charge >= 0.3 is 0 Å². The minimum absolute atomic E-state index is 0.283. The van der Waals surface area contributed by atoms with Crippen LogP contribution in [0.5, 0.6) is 0 Å². The van der Waals surface area contributed by atoms with Crippen molar-refractivity contribution in [2.75, 3.05) is 33.3 Å². The van der Waals surface area contributed by atoms with Gasteiger partial charge < -0.3 is 14.4 Å². The molecule has 5 nitrogen and oxygen atoms in total. The molecule has 0 aliphatic carbocycles. The highest BCUT2D eigenvalue weighted by Crippen LogP contribution is 2.25. The van der Waals surface area contributed by atoms with Crippen LogP contribution in [0.4, 0.5) is 0 Å². The summed E-state index contributed by atoms with van der Waals surface area (Å²) in [5.74, 6) is 0.852. The Bertz CT molecular complexity index is 576. The van der Waals surface area contributed by atoms with Gasteiger partial charge in [0, 0.05) is 44.2 Å². The topological polar surface area (TPSA) is 52.7 Å². The second kappa shape index (κ2) is 8.06. The summed E-state index contributed by atoms with van der Waals surface area (Å²) in [5, 5.41) is 12.0. The summed E-state index contributed by atoms with van der Waals surface area (Å²) >= 11 is 1.65. The molecule has 126 valence electrons. The fourth-order valence-corrected chi connectivity index (χ4v) is 3.92. The van der Waals surface area contributed by atoms with Gasteiger partial charge in [0.25, 0.3) is 0 Å². The maximum absolute atomic E-state index is 8.94. The van der Waals surface area contributed by atoms with Crippen molar-refractivity contribution in [3.8, 4) is 10.8 Å². The Kier molecular flexibility index (Phi) is 5.83. The molecule has 1 N–H and O–H groups in total. The Hall–Kier alpha value is -1.21. The highest BCUT2D eigenvalue weighted by molar-refractivity contribution is 7.13. The third-order valence-electron chi connectivity index (χ3n) is 4.52. The first-order valence-corrected chi connectivity index (χ1v) is 9.16. The Balaban J connectivity index is 1.47. The molecule has 6 heteroatoms. The number of hydrogen-bond acceptors (Lipinski definition) is 6. The number of aliphatic hydroxyl groups excluding tert-OH is 1. The van der Waals surface area contributed by atoms with E-state index >= 15 is 0 Å². The van der Waals surface area contributed by atoms with Gasteiger partial charge in [-0.3, -0.25) is 4.90 Å². The van der Waals surface area contributed by atoms with Gasteiger partial charge in [-0.2, -0.15) is 0 Å². The average molecular weight is 335 g/mol. The van der Waals surface area contributed by atoms with E-state index in [0.717, 1.165) is 49.1 Å². The van der Waals surface area contributed by atoms with E-state index in [9.17, 15) is 0 Å². The number of aliphatic hydroxyl groups is 1. The number of hydrogen-bond donors (Lipinski definition) is 1. The lowest BCUT2D eigenvalue weighted by Gasteiger charge is -2.36. The van der Waals surface area contributed by atoms with Crippen LogP contribution in [0.15, 0.2) is 28.2 Å². The first kappa shape index (κ1) is 16.6. The minimum atomic E-state index is 0.283. The number of rotatable bonds is 7. The molecule has 23 heavy (non-hydrogen) atoms. The second-order valence-electron chi connectivity index (χ2n) is 6.19. The highest BCUT2D eigenvalue weighted by Gasteiger charge is 2.22. The van der Waals surface area contributed by atoms with Crippen molar-refractivity contribution in [1.29, 1.82) is 0 Å². The second-order valence-corrected chi connectivity index (χ2v) is 7.04. The van der Waals surface area contributed by atoms with Crippen molar-refractivity contribution in [1.82, 2.24) is 14.8 Å². The lowest BCUT2D eigenvalue weighted by Crippen LogP contribution is -2.43. The molecule has 2 aromatic rings. The van der Waals surface area contributed by atoms with Crippen molar-refractivity contribution in [3.63, 3.8) is 0 Å². The molecule has 1 aliphatic rings. The van der Waals surface area contributed by atoms with Crippen molar-refractivity contribution in [2.45, 2.75) is 31.8 Å². The Morgan fingerprint density at radius 1 is 1.43 bits per heavy atom. The Morgan fingerprint density at radius 3 is 2.96 bits per heavy atom. The van der Waals surface area contributed by atoms with Crippen LogP contribution in [0.2, 0.25) is 0 Å². The molecular formula is C17H25N3O2S. The summed E-state index contributed by atoms with van der Waals surface area (Å²) in [6.45, 7) is 4.42. The first-order valence-electron chi connectivity index (χ1n) is 8.28. The van der Waals surface area contributed by atoms with Crippen molar-refractivity contribution in [2.24, 2.45) is 0 Å². The van der Waals surface area contributed by atoms with E-state index in [1.165, 1.54) is 12.8 Å². The molecule has 0 atom stereocenters. The number of nitrogens with zero attached hydrogens (tertiary/aromatic N) is 3. The van der Waals surface area contributed by atoms with Gasteiger partial charge in [-0.05, 0) is 38.4 Å². The zero-order valence-electron chi connectivity index (χ0n) is 13.6. The maximum atomic E-state index is 8.94. The predicted molar refractivity (Wildman–Crippen MR) is 92.4 cm³/mol. The van der Waals surface area contributed by atoms with E-state index in [0.29, 0.717) is 6.04 Å². The van der Waals surface area contributed by atoms with Crippen LogP contribution in [-0.4, -0.2) is 59.2 Å². The quantitative estimate of drug-likeness (QED) is 0.843. The molecule has 0 amide bonds. The van der Waals surface area contributed by atoms with Gasteiger partial charge in [-0.15, -0.1) is 11.3 Å². The van der Waals surface area contributed by atoms with Crippen molar-refractivity contribution < 1.29 is 9.52 Å². The van der Waals surface area contributed by atoms with E-state index < -0.39 is 0 Å². The molecule has 0 unspecified atom stereocenters. The van der Waals surface area contributed by atoms with Crippen LogP contribution in [0.25, 0.3) is 10.8 Å². The number of thiazole rings is 1. The lowest BCUT2D eigenvalue weighted by atomic mass is 10.0. The van der Waals surface area contributed by atoms with Crippen molar-refractivity contribution >= 4 is 11.3 Å². The minimum Gasteiger partial charge on any atom is -0.462 e. The van der Waals surface area contributed by atoms with Crippen LogP contribution >= 0.6 is 11.3 Å². The number of piperidine rings is 1. The van der Waals surface area contributed by atoms with Crippen LogP contribution in [0.1, 0.15) is 25.0 Å². The summed E-state index contributed by atoms with van der Waals surface area (Å²) < 4.78 is 5.41. The Labute approximate surface area is 141 Å². The monoisotopic (exact) mass is 335 g/mol. The highest BCUT2D eigenvalue weighted by atomic mass is 32.1. The third-order valence-corrected chi connectivity index (χ3v) is 5.42.